The summed E-state index contributed by atoms with van der Waals surface area (Å²) in [6.45, 7) is 3.53. The first-order valence-corrected chi connectivity index (χ1v) is 13.3. The van der Waals surface area contributed by atoms with Gasteiger partial charge in [0.15, 0.2) is 0 Å². The molecular weight excluding hydrogens is 422 g/mol. The SMILES string of the molecule is CCCSc1nc([C@]2(CC(=O)O)CCNC2)ccc1C(=O)NC1C2CC3CC(C2)CC1C3. The first-order valence-electron chi connectivity index (χ1n) is 12.3. The second-order valence-electron chi connectivity index (χ2n) is 10.6. The summed E-state index contributed by atoms with van der Waals surface area (Å²) in [5, 5.41) is 17.0. The van der Waals surface area contributed by atoms with Crippen molar-refractivity contribution < 1.29 is 14.7 Å². The third-order valence-electron chi connectivity index (χ3n) is 8.35. The zero-order valence-electron chi connectivity index (χ0n) is 18.9. The number of amides is 1. The number of nitrogens with zero attached hydrogens (tertiary/aromatic N) is 1. The van der Waals surface area contributed by atoms with Crippen LogP contribution in [0, 0.1) is 23.7 Å². The molecule has 3 N–H and O–H groups in total. The van der Waals surface area contributed by atoms with Gasteiger partial charge in [0.2, 0.25) is 0 Å². The number of aromatic nitrogens is 1. The molecule has 4 bridgehead atoms. The molecule has 1 amide bonds. The molecule has 1 saturated heterocycles. The number of carbonyl (C=O) groups is 2. The van der Waals surface area contributed by atoms with E-state index >= 15 is 0 Å². The van der Waals surface area contributed by atoms with Crippen molar-refractivity contribution in [3.8, 4) is 0 Å². The number of hydrogen-bond donors (Lipinski definition) is 3. The third kappa shape index (κ3) is 4.18. The molecular formula is C25H35N3O3S. The van der Waals surface area contributed by atoms with Crippen molar-refractivity contribution in [2.75, 3.05) is 18.8 Å². The highest BCUT2D eigenvalue weighted by Crippen LogP contribution is 2.53. The number of aliphatic carboxylic acids is 1. The van der Waals surface area contributed by atoms with Crippen molar-refractivity contribution in [2.24, 2.45) is 23.7 Å². The maximum atomic E-state index is 13.4. The Bertz CT molecular complexity index is 855. The van der Waals surface area contributed by atoms with Crippen LogP contribution in [0.1, 0.15) is 74.3 Å². The summed E-state index contributed by atoms with van der Waals surface area (Å²) >= 11 is 1.62. The van der Waals surface area contributed by atoms with Crippen LogP contribution in [0.25, 0.3) is 0 Å². The van der Waals surface area contributed by atoms with Crippen molar-refractivity contribution in [3.05, 3.63) is 23.4 Å². The normalized spacial score (nSPS) is 35.2. The van der Waals surface area contributed by atoms with Gasteiger partial charge in [0.05, 0.1) is 12.0 Å². The molecule has 0 aromatic carbocycles. The molecule has 2 heterocycles. The van der Waals surface area contributed by atoms with Crippen LogP contribution < -0.4 is 10.6 Å². The zero-order valence-corrected chi connectivity index (χ0v) is 19.8. The minimum atomic E-state index is -0.804. The van der Waals surface area contributed by atoms with E-state index in [2.05, 4.69) is 17.6 Å². The predicted molar refractivity (Wildman–Crippen MR) is 125 cm³/mol. The molecule has 0 radical (unpaired) electrons. The molecule has 5 fully saturated rings. The Hall–Kier alpha value is -1.60. The van der Waals surface area contributed by atoms with Crippen LogP contribution in [0.4, 0.5) is 0 Å². The number of hydrogen-bond acceptors (Lipinski definition) is 5. The largest absolute Gasteiger partial charge is 0.481 e. The summed E-state index contributed by atoms with van der Waals surface area (Å²) in [7, 11) is 0. The molecule has 174 valence electrons. The lowest BCUT2D eigenvalue weighted by Crippen LogP contribution is -2.55. The van der Waals surface area contributed by atoms with Crippen molar-refractivity contribution in [3.63, 3.8) is 0 Å². The fraction of sp³-hybridized carbons (Fsp3) is 0.720. The number of carboxylic acid groups (broad SMARTS) is 1. The molecule has 5 aliphatic rings. The Morgan fingerprint density at radius 2 is 1.91 bits per heavy atom. The molecule has 4 aliphatic carbocycles. The summed E-state index contributed by atoms with van der Waals surface area (Å²) in [6, 6.07) is 4.10. The van der Waals surface area contributed by atoms with E-state index in [-0.39, 0.29) is 12.3 Å². The molecule has 1 aromatic heterocycles. The standard InChI is InChI=1S/C25H35N3O3S/c1-2-7-32-24-19(3-4-20(27-24)25(13-21(29)30)5-6-26-14-25)23(31)28-22-17-9-15-8-16(11-17)12-18(22)10-15/h3-4,15-18,22,26H,2,5-14H2,1H3,(H,28,31)(H,29,30)/t15?,16?,17?,18?,22?,25-/m0/s1. The van der Waals surface area contributed by atoms with Gasteiger partial charge in [-0.2, -0.15) is 0 Å². The fourth-order valence-corrected chi connectivity index (χ4v) is 7.98. The monoisotopic (exact) mass is 457 g/mol. The van der Waals surface area contributed by atoms with E-state index in [1.165, 1.54) is 32.1 Å². The molecule has 6 nitrogen and oxygen atoms in total. The van der Waals surface area contributed by atoms with E-state index in [9.17, 15) is 14.7 Å². The van der Waals surface area contributed by atoms with Crippen LogP contribution in [0.5, 0.6) is 0 Å². The van der Waals surface area contributed by atoms with Gasteiger partial charge in [0, 0.05) is 23.7 Å². The Labute approximate surface area is 194 Å². The Balaban J connectivity index is 1.39. The van der Waals surface area contributed by atoms with E-state index in [4.69, 9.17) is 4.98 Å². The molecule has 0 spiro atoms. The van der Waals surface area contributed by atoms with Crippen molar-refractivity contribution >= 4 is 23.6 Å². The number of pyridine rings is 1. The second-order valence-corrected chi connectivity index (χ2v) is 11.7. The predicted octanol–water partition coefficient (Wildman–Crippen LogP) is 3.84. The minimum Gasteiger partial charge on any atom is -0.481 e. The van der Waals surface area contributed by atoms with Crippen LogP contribution in [-0.4, -0.2) is 46.9 Å². The van der Waals surface area contributed by atoms with Gasteiger partial charge in [-0.25, -0.2) is 4.98 Å². The maximum Gasteiger partial charge on any atom is 0.304 e. The number of thioether (sulfide) groups is 1. The van der Waals surface area contributed by atoms with Gasteiger partial charge in [-0.15, -0.1) is 11.8 Å². The maximum absolute atomic E-state index is 13.4. The van der Waals surface area contributed by atoms with Crippen LogP contribution in [0.2, 0.25) is 0 Å². The Kier molecular flexibility index (Phi) is 6.23. The number of carboxylic acids is 1. The van der Waals surface area contributed by atoms with Crippen LogP contribution in [-0.2, 0) is 10.2 Å². The lowest BCUT2D eigenvalue weighted by molar-refractivity contribution is -0.138. The molecule has 6 rings (SSSR count). The fourth-order valence-electron chi connectivity index (χ4n) is 7.10. The molecule has 4 saturated carbocycles. The van der Waals surface area contributed by atoms with Gasteiger partial charge in [0.25, 0.3) is 5.91 Å². The van der Waals surface area contributed by atoms with E-state index in [1.54, 1.807) is 11.8 Å². The lowest BCUT2D eigenvalue weighted by atomic mass is 9.54. The highest BCUT2D eigenvalue weighted by atomic mass is 32.2. The first kappa shape index (κ1) is 22.2. The molecule has 7 heteroatoms. The van der Waals surface area contributed by atoms with E-state index in [1.807, 2.05) is 12.1 Å². The first-order chi connectivity index (χ1) is 15.5. The van der Waals surface area contributed by atoms with Gasteiger partial charge in [-0.1, -0.05) is 6.92 Å². The van der Waals surface area contributed by atoms with E-state index in [0.29, 0.717) is 30.0 Å². The second kappa shape index (κ2) is 8.98. The topological polar surface area (TPSA) is 91.3 Å². The smallest absolute Gasteiger partial charge is 0.304 e. The summed E-state index contributed by atoms with van der Waals surface area (Å²) in [6.07, 6.45) is 8.32. The van der Waals surface area contributed by atoms with Gasteiger partial charge < -0.3 is 15.7 Å². The van der Waals surface area contributed by atoms with Gasteiger partial charge in [0.1, 0.15) is 5.03 Å². The van der Waals surface area contributed by atoms with E-state index in [0.717, 1.165) is 47.7 Å². The number of carbonyl (C=O) groups excluding carboxylic acids is 1. The summed E-state index contributed by atoms with van der Waals surface area (Å²) in [4.78, 5) is 29.9. The minimum absolute atomic E-state index is 0.00282. The zero-order chi connectivity index (χ0) is 22.3. The lowest BCUT2D eigenvalue weighted by Gasteiger charge is -2.54. The molecule has 1 atom stereocenters. The van der Waals surface area contributed by atoms with Gasteiger partial charge in [-0.05, 0) is 93.0 Å². The van der Waals surface area contributed by atoms with Gasteiger partial charge >= 0.3 is 5.97 Å². The molecule has 32 heavy (non-hydrogen) atoms. The third-order valence-corrected chi connectivity index (χ3v) is 9.55. The summed E-state index contributed by atoms with van der Waals surface area (Å²) in [5.41, 5.74) is 0.955. The summed E-state index contributed by atoms with van der Waals surface area (Å²) in [5.74, 6) is 3.12. The van der Waals surface area contributed by atoms with Crippen LogP contribution >= 0.6 is 11.8 Å². The Morgan fingerprint density at radius 3 is 2.50 bits per heavy atom. The molecule has 1 aromatic rings. The van der Waals surface area contributed by atoms with Crippen LogP contribution in [0.15, 0.2) is 17.2 Å². The quantitative estimate of drug-likeness (QED) is 0.514. The average molecular weight is 458 g/mol. The van der Waals surface area contributed by atoms with Crippen molar-refractivity contribution in [1.29, 1.82) is 0 Å². The highest BCUT2D eigenvalue weighted by molar-refractivity contribution is 7.99. The van der Waals surface area contributed by atoms with Gasteiger partial charge in [-0.3, -0.25) is 9.59 Å². The van der Waals surface area contributed by atoms with E-state index < -0.39 is 11.4 Å². The Morgan fingerprint density at radius 1 is 1.19 bits per heavy atom. The average Bonchev–Trinajstić information content (AvgIpc) is 3.23. The van der Waals surface area contributed by atoms with Crippen molar-refractivity contribution in [2.45, 2.75) is 74.8 Å². The highest BCUT2D eigenvalue weighted by Gasteiger charge is 2.48. The molecule has 1 aliphatic heterocycles. The number of rotatable bonds is 8. The van der Waals surface area contributed by atoms with Crippen LogP contribution in [0.3, 0.4) is 0 Å². The van der Waals surface area contributed by atoms with Crippen molar-refractivity contribution in [1.82, 2.24) is 15.6 Å². The summed E-state index contributed by atoms with van der Waals surface area (Å²) < 4.78 is 0. The number of nitrogens with one attached hydrogen (secondary N) is 2. The molecule has 0 unspecified atom stereocenters.